The number of piperidine rings is 1. The number of carboxylic acid groups (broad SMARTS) is 1. The van der Waals surface area contributed by atoms with Gasteiger partial charge in [0, 0.05) is 24.7 Å². The lowest BCUT2D eigenvalue weighted by Crippen LogP contribution is -2.43. The van der Waals surface area contributed by atoms with Gasteiger partial charge in [-0.15, -0.1) is 0 Å². The van der Waals surface area contributed by atoms with Crippen molar-refractivity contribution in [3.63, 3.8) is 0 Å². The lowest BCUT2D eigenvalue weighted by molar-refractivity contribution is -0.148. The number of carbonyl (C=O) groups is 2. The van der Waals surface area contributed by atoms with E-state index in [1.165, 1.54) is 10.5 Å². The molecule has 0 aromatic carbocycles. The zero-order chi connectivity index (χ0) is 16.2. The molecule has 2 aliphatic rings. The Kier molecular flexibility index (Phi) is 4.79. The largest absolute Gasteiger partial charge is 0.480 e. The highest BCUT2D eigenvalue weighted by molar-refractivity contribution is 5.83. The van der Waals surface area contributed by atoms with Crippen molar-refractivity contribution in [3.8, 4) is 0 Å². The second-order valence-corrected chi connectivity index (χ2v) is 6.37. The fraction of sp³-hybridized carbons (Fsp3) is 0.588. The molecule has 2 N–H and O–H groups in total. The van der Waals surface area contributed by atoms with Crippen LogP contribution in [0.15, 0.2) is 12.1 Å². The first-order valence-electron chi connectivity index (χ1n) is 8.37. The summed E-state index contributed by atoms with van der Waals surface area (Å²) in [6.07, 6.45) is 5.43. The Morgan fingerprint density at radius 1 is 1.39 bits per heavy atom. The summed E-state index contributed by atoms with van der Waals surface area (Å²) in [5, 5.41) is 12.2. The zero-order valence-electron chi connectivity index (χ0n) is 13.3. The van der Waals surface area contributed by atoms with E-state index in [-0.39, 0.29) is 18.4 Å². The van der Waals surface area contributed by atoms with E-state index in [1.54, 1.807) is 0 Å². The van der Waals surface area contributed by atoms with Crippen molar-refractivity contribution >= 4 is 17.7 Å². The van der Waals surface area contributed by atoms with Gasteiger partial charge < -0.3 is 15.3 Å². The summed E-state index contributed by atoms with van der Waals surface area (Å²) >= 11 is 0. The predicted octanol–water partition coefficient (Wildman–Crippen LogP) is 1.70. The van der Waals surface area contributed by atoms with E-state index in [0.29, 0.717) is 6.54 Å². The molecule has 1 saturated heterocycles. The zero-order valence-corrected chi connectivity index (χ0v) is 13.3. The van der Waals surface area contributed by atoms with Gasteiger partial charge in [-0.1, -0.05) is 6.07 Å². The maximum absolute atomic E-state index is 12.3. The van der Waals surface area contributed by atoms with Gasteiger partial charge in [0.15, 0.2) is 0 Å². The maximum Gasteiger partial charge on any atom is 0.323 e. The van der Waals surface area contributed by atoms with Crippen molar-refractivity contribution in [1.82, 2.24) is 9.88 Å². The summed E-state index contributed by atoms with van der Waals surface area (Å²) in [6, 6.07) is 4.18. The smallest absolute Gasteiger partial charge is 0.323 e. The van der Waals surface area contributed by atoms with Gasteiger partial charge in [0.25, 0.3) is 0 Å². The lowest BCUT2D eigenvalue weighted by Gasteiger charge is -2.31. The predicted molar refractivity (Wildman–Crippen MR) is 86.3 cm³/mol. The second-order valence-electron chi connectivity index (χ2n) is 6.37. The molecule has 3 heterocycles. The molecule has 0 spiro atoms. The fourth-order valence-electron chi connectivity index (χ4n) is 3.44. The molecular weight excluding hydrogens is 294 g/mol. The van der Waals surface area contributed by atoms with Crippen LogP contribution in [0.2, 0.25) is 0 Å². The minimum Gasteiger partial charge on any atom is -0.480 e. The SMILES string of the molecule is O=C(O)CN1CCCC(CCc2ccc3c(n2)NCCC3)C1=O. The molecule has 0 saturated carbocycles. The number of rotatable bonds is 5. The number of aromatic nitrogens is 1. The number of nitrogens with zero attached hydrogens (tertiary/aromatic N) is 2. The van der Waals surface area contributed by atoms with E-state index in [9.17, 15) is 9.59 Å². The summed E-state index contributed by atoms with van der Waals surface area (Å²) in [5.74, 6) is -0.0544. The van der Waals surface area contributed by atoms with Gasteiger partial charge in [-0.25, -0.2) is 4.98 Å². The molecule has 0 bridgehead atoms. The van der Waals surface area contributed by atoms with Gasteiger partial charge in [-0.2, -0.15) is 0 Å². The fourth-order valence-corrected chi connectivity index (χ4v) is 3.44. The molecule has 1 unspecified atom stereocenters. The lowest BCUT2D eigenvalue weighted by atomic mass is 9.91. The third kappa shape index (κ3) is 3.81. The van der Waals surface area contributed by atoms with Crippen LogP contribution in [0.5, 0.6) is 0 Å². The van der Waals surface area contributed by atoms with Gasteiger partial charge in [0.05, 0.1) is 0 Å². The Bertz CT molecular complexity index is 603. The first-order valence-corrected chi connectivity index (χ1v) is 8.37. The van der Waals surface area contributed by atoms with Crippen LogP contribution in [0.1, 0.15) is 36.9 Å². The number of nitrogens with one attached hydrogen (secondary N) is 1. The van der Waals surface area contributed by atoms with Crippen LogP contribution in [0.3, 0.4) is 0 Å². The second kappa shape index (κ2) is 6.98. The molecule has 0 radical (unpaired) electrons. The van der Waals surface area contributed by atoms with Crippen LogP contribution < -0.4 is 5.32 Å². The standard InChI is InChI=1S/C17H23N3O3/c21-15(22)11-20-10-2-4-13(17(20)23)6-8-14-7-5-12-3-1-9-18-16(12)19-14/h5,7,13H,1-4,6,8-11H2,(H,18,19)(H,21,22). The van der Waals surface area contributed by atoms with Gasteiger partial charge in [0.1, 0.15) is 12.4 Å². The molecule has 23 heavy (non-hydrogen) atoms. The van der Waals surface area contributed by atoms with Crippen LogP contribution in [-0.4, -0.2) is 46.5 Å². The molecule has 1 aromatic rings. The minimum atomic E-state index is -0.943. The van der Waals surface area contributed by atoms with E-state index in [4.69, 9.17) is 5.11 Å². The van der Waals surface area contributed by atoms with Crippen molar-refractivity contribution in [1.29, 1.82) is 0 Å². The molecule has 1 fully saturated rings. The van der Waals surface area contributed by atoms with E-state index >= 15 is 0 Å². The van der Waals surface area contributed by atoms with Gasteiger partial charge in [0.2, 0.25) is 5.91 Å². The summed E-state index contributed by atoms with van der Waals surface area (Å²) < 4.78 is 0. The van der Waals surface area contributed by atoms with Gasteiger partial charge in [-0.05, 0) is 50.2 Å². The van der Waals surface area contributed by atoms with Crippen LogP contribution in [0.4, 0.5) is 5.82 Å². The summed E-state index contributed by atoms with van der Waals surface area (Å²) in [7, 11) is 0. The molecule has 0 aliphatic carbocycles. The molecule has 6 nitrogen and oxygen atoms in total. The van der Waals surface area contributed by atoms with Gasteiger partial charge >= 0.3 is 5.97 Å². The molecule has 1 atom stereocenters. The van der Waals surface area contributed by atoms with Crippen molar-refractivity contribution < 1.29 is 14.7 Å². The number of pyridine rings is 1. The topological polar surface area (TPSA) is 82.5 Å². The first-order chi connectivity index (χ1) is 11.1. The van der Waals surface area contributed by atoms with Crippen LogP contribution in [0, 0.1) is 5.92 Å². The van der Waals surface area contributed by atoms with Crippen molar-refractivity contribution in [2.45, 2.75) is 38.5 Å². The highest BCUT2D eigenvalue weighted by Crippen LogP contribution is 2.24. The van der Waals surface area contributed by atoms with Crippen LogP contribution in [-0.2, 0) is 22.4 Å². The van der Waals surface area contributed by atoms with Crippen molar-refractivity contribution in [3.05, 3.63) is 23.4 Å². The monoisotopic (exact) mass is 317 g/mol. The Morgan fingerprint density at radius 2 is 2.26 bits per heavy atom. The Morgan fingerprint density at radius 3 is 3.09 bits per heavy atom. The first kappa shape index (κ1) is 15.8. The average Bonchev–Trinajstić information content (AvgIpc) is 2.55. The number of aliphatic carboxylic acids is 1. The van der Waals surface area contributed by atoms with Crippen LogP contribution in [0.25, 0.3) is 0 Å². The molecule has 3 rings (SSSR count). The molecule has 2 aliphatic heterocycles. The number of likely N-dealkylation sites (tertiary alicyclic amines) is 1. The summed E-state index contributed by atoms with van der Waals surface area (Å²) in [5.41, 5.74) is 2.27. The molecule has 1 aromatic heterocycles. The molecule has 1 amide bonds. The number of fused-ring (bicyclic) bond motifs is 1. The van der Waals surface area contributed by atoms with E-state index in [1.807, 2.05) is 6.07 Å². The van der Waals surface area contributed by atoms with Crippen LogP contribution >= 0.6 is 0 Å². The van der Waals surface area contributed by atoms with Crippen molar-refractivity contribution in [2.24, 2.45) is 5.92 Å². The summed E-state index contributed by atoms with van der Waals surface area (Å²) in [4.78, 5) is 29.3. The van der Waals surface area contributed by atoms with E-state index < -0.39 is 5.97 Å². The number of carboxylic acids is 1. The number of anilines is 1. The Labute approximate surface area is 135 Å². The Balaban J connectivity index is 1.59. The third-order valence-electron chi connectivity index (χ3n) is 4.67. The number of carbonyl (C=O) groups excluding carboxylic acids is 1. The number of hydrogen-bond donors (Lipinski definition) is 2. The minimum absolute atomic E-state index is 0.0188. The third-order valence-corrected chi connectivity index (χ3v) is 4.67. The summed E-state index contributed by atoms with van der Waals surface area (Å²) in [6.45, 7) is 1.34. The highest BCUT2D eigenvalue weighted by Gasteiger charge is 2.29. The van der Waals surface area contributed by atoms with E-state index in [0.717, 1.165) is 56.6 Å². The normalized spacial score (nSPS) is 20.8. The molecular formula is C17H23N3O3. The Hall–Kier alpha value is -2.11. The quantitative estimate of drug-likeness (QED) is 0.863. The maximum atomic E-state index is 12.3. The number of aryl methyl sites for hydroxylation is 2. The number of amides is 1. The number of hydrogen-bond acceptors (Lipinski definition) is 4. The van der Waals surface area contributed by atoms with E-state index in [2.05, 4.69) is 16.4 Å². The highest BCUT2D eigenvalue weighted by atomic mass is 16.4. The average molecular weight is 317 g/mol. The molecule has 6 heteroatoms. The molecule has 124 valence electrons. The van der Waals surface area contributed by atoms with Gasteiger partial charge in [-0.3, -0.25) is 9.59 Å². The van der Waals surface area contributed by atoms with Crippen molar-refractivity contribution in [2.75, 3.05) is 25.0 Å².